The van der Waals surface area contributed by atoms with Crippen LogP contribution < -0.4 is 0 Å². The van der Waals surface area contributed by atoms with Gasteiger partial charge < -0.3 is 9.64 Å². The number of ether oxygens (including phenoxy) is 1. The van der Waals surface area contributed by atoms with Gasteiger partial charge in [0.25, 0.3) is 0 Å². The Morgan fingerprint density at radius 2 is 2.14 bits per heavy atom. The fourth-order valence-corrected chi connectivity index (χ4v) is 2.52. The van der Waals surface area contributed by atoms with Crippen LogP contribution in [0.25, 0.3) is 0 Å². The normalized spacial score (nSPS) is 17.9. The number of hydrogen-bond acceptors (Lipinski definition) is 3. The minimum Gasteiger partial charge on any atom is -0.461 e. The number of carbonyl (C=O) groups is 2. The van der Waals surface area contributed by atoms with Crippen molar-refractivity contribution in [2.75, 3.05) is 6.61 Å². The number of aryl methyl sites for hydroxylation is 1. The van der Waals surface area contributed by atoms with Crippen LogP contribution in [0.5, 0.6) is 0 Å². The zero-order valence-electron chi connectivity index (χ0n) is 12.4. The molecule has 0 aromatic heterocycles. The van der Waals surface area contributed by atoms with E-state index in [1.807, 2.05) is 31.2 Å². The summed E-state index contributed by atoms with van der Waals surface area (Å²) in [4.78, 5) is 25.5. The lowest BCUT2D eigenvalue weighted by Gasteiger charge is -2.24. The van der Waals surface area contributed by atoms with Crippen molar-refractivity contribution in [3.05, 3.63) is 48.0 Å². The second-order valence-electron chi connectivity index (χ2n) is 5.38. The Kier molecular flexibility index (Phi) is 5.14. The summed E-state index contributed by atoms with van der Waals surface area (Å²) in [5, 5.41) is 0. The maximum absolute atomic E-state index is 12.0. The van der Waals surface area contributed by atoms with Gasteiger partial charge in [-0.05, 0) is 18.9 Å². The molecule has 2 rings (SSSR count). The van der Waals surface area contributed by atoms with Crippen LogP contribution in [0.2, 0.25) is 0 Å². The van der Waals surface area contributed by atoms with E-state index < -0.39 is 0 Å². The minimum absolute atomic E-state index is 0.0591. The molecule has 4 nitrogen and oxygen atoms in total. The Hall–Kier alpha value is -2.10. The van der Waals surface area contributed by atoms with E-state index in [2.05, 4.69) is 6.58 Å². The van der Waals surface area contributed by atoms with Crippen LogP contribution in [0.4, 0.5) is 0 Å². The number of benzene rings is 1. The third-order valence-electron chi connectivity index (χ3n) is 3.69. The summed E-state index contributed by atoms with van der Waals surface area (Å²) < 4.78 is 5.01. The first-order valence-corrected chi connectivity index (χ1v) is 7.21. The zero-order valence-corrected chi connectivity index (χ0v) is 12.4. The Morgan fingerprint density at radius 3 is 2.81 bits per heavy atom. The number of likely N-dealkylation sites (tertiary alicyclic amines) is 1. The molecule has 0 N–H and O–H groups in total. The molecule has 1 aromatic carbocycles. The smallest absolute Gasteiger partial charge is 0.308 e. The average Bonchev–Trinajstić information content (AvgIpc) is 2.80. The predicted octanol–water partition coefficient (Wildman–Crippen LogP) is 2.61. The van der Waals surface area contributed by atoms with Crippen LogP contribution in [-0.4, -0.2) is 29.4 Å². The van der Waals surface area contributed by atoms with Crippen LogP contribution in [0, 0.1) is 6.92 Å². The Morgan fingerprint density at radius 1 is 1.43 bits per heavy atom. The fraction of sp³-hybridized carbons (Fsp3) is 0.412. The molecule has 1 fully saturated rings. The monoisotopic (exact) mass is 287 g/mol. The van der Waals surface area contributed by atoms with E-state index in [9.17, 15) is 9.59 Å². The first-order valence-electron chi connectivity index (χ1n) is 7.21. The van der Waals surface area contributed by atoms with Crippen LogP contribution >= 0.6 is 0 Å². The highest BCUT2D eigenvalue weighted by Crippen LogP contribution is 2.24. The highest BCUT2D eigenvalue weighted by molar-refractivity contribution is 5.80. The molecule has 0 spiro atoms. The van der Waals surface area contributed by atoms with Crippen LogP contribution in [-0.2, 0) is 20.9 Å². The molecule has 1 amide bonds. The number of nitrogens with zero attached hydrogens (tertiary/aromatic N) is 1. The van der Waals surface area contributed by atoms with Crippen molar-refractivity contribution < 1.29 is 14.3 Å². The standard InChI is InChI=1S/C17H21NO3/c1-3-10-21-17(20)11-15-8-9-16(19)18(15)12-14-6-4-13(2)5-7-14/h3-7,15H,1,8-12H2,2H3. The number of esters is 1. The van der Waals surface area contributed by atoms with Crippen molar-refractivity contribution in [2.24, 2.45) is 0 Å². The zero-order chi connectivity index (χ0) is 15.2. The number of amides is 1. The Balaban J connectivity index is 1.98. The van der Waals surface area contributed by atoms with Crippen molar-refractivity contribution in [3.8, 4) is 0 Å². The summed E-state index contributed by atoms with van der Waals surface area (Å²) in [7, 11) is 0. The van der Waals surface area contributed by atoms with Crippen molar-refractivity contribution in [1.29, 1.82) is 0 Å². The molecule has 4 heteroatoms. The van der Waals surface area contributed by atoms with Crippen LogP contribution in [0.1, 0.15) is 30.4 Å². The van der Waals surface area contributed by atoms with E-state index in [4.69, 9.17) is 4.74 Å². The minimum atomic E-state index is -0.275. The molecular weight excluding hydrogens is 266 g/mol. The van der Waals surface area contributed by atoms with E-state index >= 15 is 0 Å². The summed E-state index contributed by atoms with van der Waals surface area (Å²) in [6.07, 6.45) is 3.02. The molecule has 1 atom stereocenters. The van der Waals surface area contributed by atoms with Gasteiger partial charge >= 0.3 is 5.97 Å². The molecule has 1 aromatic rings. The molecule has 21 heavy (non-hydrogen) atoms. The molecule has 0 saturated carbocycles. The second-order valence-corrected chi connectivity index (χ2v) is 5.38. The van der Waals surface area contributed by atoms with Gasteiger partial charge in [-0.25, -0.2) is 0 Å². The summed E-state index contributed by atoms with van der Waals surface area (Å²) >= 11 is 0. The number of carbonyl (C=O) groups excluding carboxylic acids is 2. The van der Waals surface area contributed by atoms with E-state index in [1.54, 1.807) is 11.0 Å². The van der Waals surface area contributed by atoms with E-state index in [0.717, 1.165) is 5.56 Å². The van der Waals surface area contributed by atoms with Gasteiger partial charge in [-0.2, -0.15) is 0 Å². The highest BCUT2D eigenvalue weighted by atomic mass is 16.5. The largest absolute Gasteiger partial charge is 0.461 e. The summed E-state index contributed by atoms with van der Waals surface area (Å²) in [5.74, 6) is -0.166. The van der Waals surface area contributed by atoms with E-state index in [1.165, 1.54) is 5.56 Å². The molecule has 0 aliphatic carbocycles. The van der Waals surface area contributed by atoms with Gasteiger partial charge in [0.05, 0.1) is 6.42 Å². The maximum atomic E-state index is 12.0. The Labute approximate surface area is 125 Å². The van der Waals surface area contributed by atoms with E-state index in [0.29, 0.717) is 19.4 Å². The van der Waals surface area contributed by atoms with Gasteiger partial charge in [0.2, 0.25) is 5.91 Å². The molecule has 0 radical (unpaired) electrons. The molecule has 112 valence electrons. The molecule has 0 bridgehead atoms. The molecule has 1 saturated heterocycles. The van der Waals surface area contributed by atoms with Gasteiger partial charge in [-0.3, -0.25) is 9.59 Å². The first kappa shape index (κ1) is 15.3. The SMILES string of the molecule is C=CCOC(=O)CC1CCC(=O)N1Cc1ccc(C)cc1. The van der Waals surface area contributed by atoms with Gasteiger partial charge in [0.1, 0.15) is 6.61 Å². The van der Waals surface area contributed by atoms with Gasteiger partial charge in [-0.15, -0.1) is 0 Å². The molecule has 1 unspecified atom stereocenters. The predicted molar refractivity (Wildman–Crippen MR) is 80.5 cm³/mol. The lowest BCUT2D eigenvalue weighted by Crippen LogP contribution is -2.34. The summed E-state index contributed by atoms with van der Waals surface area (Å²) in [6.45, 7) is 6.32. The third kappa shape index (κ3) is 4.18. The maximum Gasteiger partial charge on any atom is 0.308 e. The lowest BCUT2D eigenvalue weighted by atomic mass is 10.1. The third-order valence-corrected chi connectivity index (χ3v) is 3.69. The van der Waals surface area contributed by atoms with Gasteiger partial charge in [0.15, 0.2) is 0 Å². The van der Waals surface area contributed by atoms with Crippen LogP contribution in [0.15, 0.2) is 36.9 Å². The quantitative estimate of drug-likeness (QED) is 0.597. The second kappa shape index (κ2) is 7.07. The highest BCUT2D eigenvalue weighted by Gasteiger charge is 2.32. The van der Waals surface area contributed by atoms with Crippen molar-refractivity contribution in [1.82, 2.24) is 4.90 Å². The first-order chi connectivity index (χ1) is 10.1. The number of hydrogen-bond donors (Lipinski definition) is 0. The fourth-order valence-electron chi connectivity index (χ4n) is 2.52. The molecule has 1 aliphatic rings. The Bertz CT molecular complexity index is 521. The van der Waals surface area contributed by atoms with Gasteiger partial charge in [0, 0.05) is 19.0 Å². The number of rotatable bonds is 6. The van der Waals surface area contributed by atoms with Crippen molar-refractivity contribution in [2.45, 2.75) is 38.8 Å². The molecule has 1 heterocycles. The molecular formula is C17H21NO3. The van der Waals surface area contributed by atoms with E-state index in [-0.39, 0.29) is 30.9 Å². The van der Waals surface area contributed by atoms with Crippen molar-refractivity contribution >= 4 is 11.9 Å². The molecule has 1 aliphatic heterocycles. The average molecular weight is 287 g/mol. The van der Waals surface area contributed by atoms with Crippen molar-refractivity contribution in [3.63, 3.8) is 0 Å². The lowest BCUT2D eigenvalue weighted by molar-refractivity contribution is -0.144. The van der Waals surface area contributed by atoms with Gasteiger partial charge in [-0.1, -0.05) is 42.5 Å². The van der Waals surface area contributed by atoms with Crippen LogP contribution in [0.3, 0.4) is 0 Å². The summed E-state index contributed by atoms with van der Waals surface area (Å²) in [6, 6.07) is 8.05. The topological polar surface area (TPSA) is 46.6 Å². The summed E-state index contributed by atoms with van der Waals surface area (Å²) in [5.41, 5.74) is 2.27.